The molecular formula is C13H19NO. The molecule has 1 heterocycles. The first-order valence-corrected chi connectivity index (χ1v) is 5.77. The summed E-state index contributed by atoms with van der Waals surface area (Å²) < 4.78 is 5.45. The fourth-order valence-corrected chi connectivity index (χ4v) is 2.36. The molecule has 0 aromatic heterocycles. The highest BCUT2D eigenvalue weighted by molar-refractivity contribution is 5.65. The summed E-state index contributed by atoms with van der Waals surface area (Å²) in [5, 5.41) is 0. The molecule has 2 nitrogen and oxygen atoms in total. The van der Waals surface area contributed by atoms with Gasteiger partial charge in [-0.1, -0.05) is 19.1 Å². The van der Waals surface area contributed by atoms with Gasteiger partial charge in [0, 0.05) is 13.1 Å². The Bertz CT molecular complexity index is 321. The fraction of sp³-hybridized carbons (Fsp3) is 0.538. The van der Waals surface area contributed by atoms with Crippen molar-refractivity contribution < 1.29 is 4.74 Å². The molecule has 2 heteroatoms. The summed E-state index contributed by atoms with van der Waals surface area (Å²) in [5.74, 6) is 1.03. The molecule has 1 aromatic carbocycles. The van der Waals surface area contributed by atoms with Crippen molar-refractivity contribution in [1.29, 1.82) is 0 Å². The lowest BCUT2D eigenvalue weighted by molar-refractivity contribution is 0.412. The molecule has 0 amide bonds. The van der Waals surface area contributed by atoms with Gasteiger partial charge in [-0.2, -0.15) is 0 Å². The SMILES string of the molecule is CCCN1CCCc2cccc(OC)c21. The van der Waals surface area contributed by atoms with Crippen LogP contribution < -0.4 is 9.64 Å². The van der Waals surface area contributed by atoms with E-state index in [1.54, 1.807) is 7.11 Å². The first-order chi connectivity index (χ1) is 7.36. The Morgan fingerprint density at radius 3 is 3.00 bits per heavy atom. The van der Waals surface area contributed by atoms with E-state index in [2.05, 4.69) is 30.0 Å². The first-order valence-electron chi connectivity index (χ1n) is 5.77. The van der Waals surface area contributed by atoms with E-state index in [0.29, 0.717) is 0 Å². The van der Waals surface area contributed by atoms with Crippen molar-refractivity contribution in [2.75, 3.05) is 25.1 Å². The maximum Gasteiger partial charge on any atom is 0.142 e. The van der Waals surface area contributed by atoms with E-state index >= 15 is 0 Å². The van der Waals surface area contributed by atoms with Crippen LogP contribution in [0.3, 0.4) is 0 Å². The van der Waals surface area contributed by atoms with Crippen LogP contribution in [0, 0.1) is 0 Å². The van der Waals surface area contributed by atoms with Crippen LogP contribution in [0.2, 0.25) is 0 Å². The standard InChI is InChI=1S/C13H19NO/c1-3-9-14-10-5-7-11-6-4-8-12(15-2)13(11)14/h4,6,8H,3,5,7,9-10H2,1-2H3. The molecule has 0 saturated carbocycles. The molecule has 0 unspecified atom stereocenters. The molecule has 2 rings (SSSR count). The van der Waals surface area contributed by atoms with Crippen LogP contribution >= 0.6 is 0 Å². The lowest BCUT2D eigenvalue weighted by atomic mass is 10.0. The summed E-state index contributed by atoms with van der Waals surface area (Å²) in [6.45, 7) is 4.53. The van der Waals surface area contributed by atoms with Crippen molar-refractivity contribution in [1.82, 2.24) is 0 Å². The summed E-state index contributed by atoms with van der Waals surface area (Å²) in [6, 6.07) is 6.37. The van der Waals surface area contributed by atoms with E-state index < -0.39 is 0 Å². The summed E-state index contributed by atoms with van der Waals surface area (Å²) in [4.78, 5) is 2.46. The van der Waals surface area contributed by atoms with Crippen LogP contribution in [0.5, 0.6) is 5.75 Å². The molecule has 1 aliphatic rings. The number of anilines is 1. The number of aryl methyl sites for hydroxylation is 1. The smallest absolute Gasteiger partial charge is 0.142 e. The zero-order valence-corrected chi connectivity index (χ0v) is 9.62. The molecule has 82 valence electrons. The molecule has 0 N–H and O–H groups in total. The molecule has 0 radical (unpaired) electrons. The molecule has 0 aliphatic carbocycles. The van der Waals surface area contributed by atoms with E-state index in [9.17, 15) is 0 Å². The van der Waals surface area contributed by atoms with Crippen molar-refractivity contribution in [3.63, 3.8) is 0 Å². The van der Waals surface area contributed by atoms with E-state index in [0.717, 1.165) is 12.3 Å². The third-order valence-electron chi connectivity index (χ3n) is 2.99. The van der Waals surface area contributed by atoms with Gasteiger partial charge >= 0.3 is 0 Å². The largest absolute Gasteiger partial charge is 0.495 e. The normalized spacial score (nSPS) is 14.9. The Morgan fingerprint density at radius 2 is 2.27 bits per heavy atom. The maximum absolute atomic E-state index is 5.45. The van der Waals surface area contributed by atoms with Gasteiger partial charge in [-0.05, 0) is 30.9 Å². The maximum atomic E-state index is 5.45. The third-order valence-corrected chi connectivity index (χ3v) is 2.99. The average Bonchev–Trinajstić information content (AvgIpc) is 2.29. The number of rotatable bonds is 3. The second-order valence-electron chi connectivity index (χ2n) is 4.06. The van der Waals surface area contributed by atoms with Crippen molar-refractivity contribution in [3.05, 3.63) is 23.8 Å². The number of para-hydroxylation sites is 1. The van der Waals surface area contributed by atoms with Gasteiger partial charge in [0.2, 0.25) is 0 Å². The topological polar surface area (TPSA) is 12.5 Å². The lowest BCUT2D eigenvalue weighted by Gasteiger charge is -2.32. The monoisotopic (exact) mass is 205 g/mol. The Balaban J connectivity index is 2.38. The summed E-state index contributed by atoms with van der Waals surface area (Å²) in [7, 11) is 1.76. The predicted molar refractivity (Wildman–Crippen MR) is 63.8 cm³/mol. The van der Waals surface area contributed by atoms with Gasteiger partial charge < -0.3 is 9.64 Å². The number of hydrogen-bond acceptors (Lipinski definition) is 2. The number of benzene rings is 1. The number of fused-ring (bicyclic) bond motifs is 1. The lowest BCUT2D eigenvalue weighted by Crippen LogP contribution is -2.30. The number of nitrogens with zero attached hydrogens (tertiary/aromatic N) is 1. The van der Waals surface area contributed by atoms with Crippen molar-refractivity contribution >= 4 is 5.69 Å². The van der Waals surface area contributed by atoms with Crippen molar-refractivity contribution in [2.24, 2.45) is 0 Å². The quantitative estimate of drug-likeness (QED) is 0.752. The van der Waals surface area contributed by atoms with Gasteiger partial charge in [-0.25, -0.2) is 0 Å². The van der Waals surface area contributed by atoms with E-state index in [1.807, 2.05) is 0 Å². The minimum absolute atomic E-state index is 1.03. The molecule has 1 aromatic rings. The highest BCUT2D eigenvalue weighted by Crippen LogP contribution is 2.35. The van der Waals surface area contributed by atoms with Crippen LogP contribution in [0.4, 0.5) is 5.69 Å². The van der Waals surface area contributed by atoms with Crippen LogP contribution in [0.25, 0.3) is 0 Å². The molecule has 0 atom stereocenters. The highest BCUT2D eigenvalue weighted by Gasteiger charge is 2.19. The van der Waals surface area contributed by atoms with Crippen molar-refractivity contribution in [2.45, 2.75) is 26.2 Å². The van der Waals surface area contributed by atoms with Crippen molar-refractivity contribution in [3.8, 4) is 5.75 Å². The second-order valence-corrected chi connectivity index (χ2v) is 4.06. The Kier molecular flexibility index (Phi) is 3.14. The zero-order chi connectivity index (χ0) is 10.7. The molecule has 0 saturated heterocycles. The fourth-order valence-electron chi connectivity index (χ4n) is 2.36. The van der Waals surface area contributed by atoms with Gasteiger partial charge in [-0.15, -0.1) is 0 Å². The molecular weight excluding hydrogens is 186 g/mol. The number of ether oxygens (including phenoxy) is 1. The molecule has 0 bridgehead atoms. The van der Waals surface area contributed by atoms with Gasteiger partial charge in [0.15, 0.2) is 0 Å². The van der Waals surface area contributed by atoms with Crippen LogP contribution in [0.1, 0.15) is 25.3 Å². The highest BCUT2D eigenvalue weighted by atomic mass is 16.5. The van der Waals surface area contributed by atoms with Gasteiger partial charge in [0.1, 0.15) is 5.75 Å². The zero-order valence-electron chi connectivity index (χ0n) is 9.62. The third kappa shape index (κ3) is 1.94. The van der Waals surface area contributed by atoms with E-state index in [-0.39, 0.29) is 0 Å². The van der Waals surface area contributed by atoms with Gasteiger partial charge in [0.25, 0.3) is 0 Å². The average molecular weight is 205 g/mol. The number of methoxy groups -OCH3 is 1. The van der Waals surface area contributed by atoms with Gasteiger partial charge in [-0.3, -0.25) is 0 Å². The first kappa shape index (κ1) is 10.3. The number of hydrogen-bond donors (Lipinski definition) is 0. The Hall–Kier alpha value is -1.18. The summed E-state index contributed by atoms with van der Waals surface area (Å²) in [5.41, 5.74) is 2.77. The minimum atomic E-state index is 1.03. The van der Waals surface area contributed by atoms with Gasteiger partial charge in [0.05, 0.1) is 12.8 Å². The Labute approximate surface area is 91.9 Å². The predicted octanol–water partition coefficient (Wildman–Crippen LogP) is 2.86. The Morgan fingerprint density at radius 1 is 1.40 bits per heavy atom. The molecule has 15 heavy (non-hydrogen) atoms. The van der Waals surface area contributed by atoms with Crippen LogP contribution in [0.15, 0.2) is 18.2 Å². The second kappa shape index (κ2) is 4.56. The summed E-state index contributed by atoms with van der Waals surface area (Å²) >= 11 is 0. The molecule has 1 aliphatic heterocycles. The molecule has 0 fully saturated rings. The van der Waals surface area contributed by atoms with Crippen LogP contribution in [-0.2, 0) is 6.42 Å². The van der Waals surface area contributed by atoms with E-state index in [1.165, 1.54) is 37.1 Å². The summed E-state index contributed by atoms with van der Waals surface area (Å²) in [6.07, 6.45) is 3.64. The van der Waals surface area contributed by atoms with E-state index in [4.69, 9.17) is 4.74 Å². The van der Waals surface area contributed by atoms with Crippen LogP contribution in [-0.4, -0.2) is 20.2 Å². The minimum Gasteiger partial charge on any atom is -0.495 e. The molecule has 0 spiro atoms.